The summed E-state index contributed by atoms with van der Waals surface area (Å²) in [6, 6.07) is 15.0. The molecule has 1 aromatic heterocycles. The molecule has 5 nitrogen and oxygen atoms in total. The minimum absolute atomic E-state index is 0.0442. The van der Waals surface area contributed by atoms with Gasteiger partial charge in [0.2, 0.25) is 0 Å². The van der Waals surface area contributed by atoms with Crippen LogP contribution in [0, 0.1) is 0 Å². The smallest absolute Gasteiger partial charge is 0.300 e. The maximum Gasteiger partial charge on any atom is 0.389 e. The second-order valence-corrected chi connectivity index (χ2v) is 9.81. The third-order valence-electron chi connectivity index (χ3n) is 6.71. The molecule has 1 saturated heterocycles. The molecule has 3 aromatic rings. The van der Waals surface area contributed by atoms with Crippen molar-refractivity contribution in [3.63, 3.8) is 0 Å². The fraction of sp³-hybridized carbons (Fsp3) is 0.444. The minimum atomic E-state index is -4.23. The summed E-state index contributed by atoms with van der Waals surface area (Å²) < 4.78 is 38.5. The molecular formula is C27H29ClF3N3O2. The van der Waals surface area contributed by atoms with Crippen LogP contribution in [0.4, 0.5) is 13.2 Å². The van der Waals surface area contributed by atoms with Crippen LogP contribution in [0.15, 0.2) is 53.3 Å². The lowest BCUT2D eigenvalue weighted by molar-refractivity contribution is -0.137. The van der Waals surface area contributed by atoms with E-state index in [1.54, 1.807) is 0 Å². The lowest BCUT2D eigenvalue weighted by Crippen LogP contribution is -2.38. The third-order valence-corrected chi connectivity index (χ3v) is 6.96. The number of carbonyl (C=O) groups excluding carboxylic acids is 1. The van der Waals surface area contributed by atoms with E-state index >= 15 is 0 Å². The molecule has 9 heteroatoms. The minimum Gasteiger partial charge on any atom is -0.300 e. The molecule has 2 aromatic carbocycles. The lowest BCUT2D eigenvalue weighted by atomic mass is 10.0. The predicted octanol–water partition coefficient (Wildman–Crippen LogP) is 5.80. The van der Waals surface area contributed by atoms with Crippen LogP contribution in [0.25, 0.3) is 10.8 Å². The highest BCUT2D eigenvalue weighted by Crippen LogP contribution is 2.24. The summed E-state index contributed by atoms with van der Waals surface area (Å²) in [6.07, 6.45) is -2.80. The van der Waals surface area contributed by atoms with Gasteiger partial charge in [-0.2, -0.15) is 18.3 Å². The van der Waals surface area contributed by atoms with Gasteiger partial charge in [-0.25, -0.2) is 4.68 Å². The van der Waals surface area contributed by atoms with Crippen LogP contribution >= 0.6 is 11.6 Å². The number of carbonyl (C=O) groups is 1. The van der Waals surface area contributed by atoms with Crippen molar-refractivity contribution in [1.29, 1.82) is 0 Å². The largest absolute Gasteiger partial charge is 0.389 e. The number of hydrogen-bond donors (Lipinski definition) is 0. The van der Waals surface area contributed by atoms with Crippen molar-refractivity contribution in [2.75, 3.05) is 13.1 Å². The average molecular weight is 520 g/mol. The molecule has 0 N–H and O–H groups in total. The molecule has 36 heavy (non-hydrogen) atoms. The Kier molecular flexibility index (Phi) is 8.46. The van der Waals surface area contributed by atoms with Gasteiger partial charge in [0.25, 0.3) is 5.56 Å². The second-order valence-electron chi connectivity index (χ2n) is 9.37. The van der Waals surface area contributed by atoms with E-state index in [4.69, 9.17) is 16.7 Å². The number of likely N-dealkylation sites (tertiary alicyclic amines) is 1. The van der Waals surface area contributed by atoms with E-state index in [2.05, 4.69) is 4.90 Å². The van der Waals surface area contributed by atoms with E-state index < -0.39 is 12.6 Å². The summed E-state index contributed by atoms with van der Waals surface area (Å²) in [5, 5.41) is 6.83. The van der Waals surface area contributed by atoms with Crippen molar-refractivity contribution in [2.24, 2.45) is 0 Å². The molecule has 2 heterocycles. The number of Topliss-reactive ketones (excluding diaryl/α,β-unsaturated/α-hetero) is 1. The predicted molar refractivity (Wildman–Crippen MR) is 134 cm³/mol. The summed E-state index contributed by atoms with van der Waals surface area (Å²) in [5.41, 5.74) is 1.69. The van der Waals surface area contributed by atoms with Gasteiger partial charge in [0.15, 0.2) is 0 Å². The Morgan fingerprint density at radius 1 is 1.06 bits per heavy atom. The molecule has 0 amide bonds. The molecule has 0 saturated carbocycles. The molecular weight excluding hydrogens is 491 g/mol. The Hall–Kier alpha value is -2.71. The van der Waals surface area contributed by atoms with Crippen LogP contribution in [0.1, 0.15) is 49.8 Å². The quantitative estimate of drug-likeness (QED) is 0.340. The molecule has 0 aliphatic carbocycles. The Morgan fingerprint density at radius 3 is 2.50 bits per heavy atom. The highest BCUT2D eigenvalue weighted by Gasteiger charge is 2.28. The highest BCUT2D eigenvalue weighted by molar-refractivity contribution is 6.30. The number of fused-ring (bicyclic) bond motifs is 1. The number of benzene rings is 2. The molecule has 1 aliphatic heterocycles. The molecule has 4 rings (SSSR count). The Morgan fingerprint density at radius 2 is 1.78 bits per heavy atom. The van der Waals surface area contributed by atoms with Gasteiger partial charge in [-0.15, -0.1) is 0 Å². The lowest BCUT2D eigenvalue weighted by Gasteiger charge is -2.25. The van der Waals surface area contributed by atoms with E-state index in [1.807, 2.05) is 48.5 Å². The maximum absolute atomic E-state index is 13.3. The SMILES string of the molecule is O=C(CCCC(F)(F)F)CCN1CCC[C@@H]1Cn1nc(Cc2ccc(Cl)cc2)c2ccccc2c1=O. The molecule has 0 bridgehead atoms. The molecule has 192 valence electrons. The normalized spacial score (nSPS) is 16.6. The summed E-state index contributed by atoms with van der Waals surface area (Å²) in [5.74, 6) is -0.156. The molecule has 1 fully saturated rings. The fourth-order valence-electron chi connectivity index (χ4n) is 4.83. The Bertz CT molecular complexity index is 1260. The zero-order valence-corrected chi connectivity index (χ0v) is 20.7. The topological polar surface area (TPSA) is 55.2 Å². The number of rotatable bonds is 10. The van der Waals surface area contributed by atoms with Crippen LogP contribution in [-0.2, 0) is 17.8 Å². The monoisotopic (exact) mass is 519 g/mol. The zero-order chi connectivity index (χ0) is 25.7. The number of alkyl halides is 3. The zero-order valence-electron chi connectivity index (χ0n) is 19.9. The van der Waals surface area contributed by atoms with E-state index in [9.17, 15) is 22.8 Å². The summed E-state index contributed by atoms with van der Waals surface area (Å²) >= 11 is 6.02. The van der Waals surface area contributed by atoms with Gasteiger partial charge in [0.05, 0.1) is 17.6 Å². The summed E-state index contributed by atoms with van der Waals surface area (Å²) in [7, 11) is 0. The van der Waals surface area contributed by atoms with Gasteiger partial charge in [-0.3, -0.25) is 14.5 Å². The van der Waals surface area contributed by atoms with Gasteiger partial charge >= 0.3 is 6.18 Å². The molecule has 0 spiro atoms. The third kappa shape index (κ3) is 6.95. The standard InChI is InChI=1S/C27H29ClF3N3O2/c28-20-11-9-19(10-12-20)17-25-23-7-1-2-8-24(23)26(36)34(32-25)18-21-5-4-15-33(21)16-13-22(35)6-3-14-27(29,30)31/h1-2,7-12,21H,3-6,13-18H2/t21-/m1/s1. The first-order valence-electron chi connectivity index (χ1n) is 12.3. The number of hydrogen-bond acceptors (Lipinski definition) is 4. The van der Waals surface area contributed by atoms with Crippen LogP contribution < -0.4 is 5.56 Å². The average Bonchev–Trinajstić information content (AvgIpc) is 3.28. The van der Waals surface area contributed by atoms with Gasteiger partial charge in [0, 0.05) is 48.7 Å². The molecule has 1 aliphatic rings. The van der Waals surface area contributed by atoms with Gasteiger partial charge in [0.1, 0.15) is 5.78 Å². The van der Waals surface area contributed by atoms with Crippen molar-refractivity contribution in [2.45, 2.75) is 63.7 Å². The molecule has 0 radical (unpaired) electrons. The maximum atomic E-state index is 13.3. The molecule has 0 unspecified atom stereocenters. The van der Waals surface area contributed by atoms with Gasteiger partial charge < -0.3 is 0 Å². The van der Waals surface area contributed by atoms with Crippen molar-refractivity contribution in [3.05, 3.63) is 75.2 Å². The van der Waals surface area contributed by atoms with Crippen LogP contribution in [0.5, 0.6) is 0 Å². The first kappa shape index (κ1) is 26.4. The Labute approximate surface area is 212 Å². The first-order chi connectivity index (χ1) is 17.2. The van der Waals surface area contributed by atoms with Crippen LogP contribution in [0.2, 0.25) is 5.02 Å². The highest BCUT2D eigenvalue weighted by atomic mass is 35.5. The molecule has 1 atom stereocenters. The number of ketones is 1. The summed E-state index contributed by atoms with van der Waals surface area (Å²) in [6.45, 7) is 1.68. The van der Waals surface area contributed by atoms with E-state index in [1.165, 1.54) is 4.68 Å². The Balaban J connectivity index is 1.47. The van der Waals surface area contributed by atoms with Crippen molar-refractivity contribution in [1.82, 2.24) is 14.7 Å². The van der Waals surface area contributed by atoms with Gasteiger partial charge in [-0.05, 0) is 49.6 Å². The van der Waals surface area contributed by atoms with Crippen molar-refractivity contribution in [3.8, 4) is 0 Å². The van der Waals surface area contributed by atoms with E-state index in [-0.39, 0.29) is 36.6 Å². The fourth-order valence-corrected chi connectivity index (χ4v) is 4.96. The van der Waals surface area contributed by atoms with Crippen molar-refractivity contribution < 1.29 is 18.0 Å². The van der Waals surface area contributed by atoms with Crippen LogP contribution in [0.3, 0.4) is 0 Å². The second kappa shape index (κ2) is 11.6. The number of halogens is 4. The summed E-state index contributed by atoms with van der Waals surface area (Å²) in [4.78, 5) is 27.5. The number of aromatic nitrogens is 2. The first-order valence-corrected chi connectivity index (χ1v) is 12.6. The van der Waals surface area contributed by atoms with Crippen LogP contribution in [-0.4, -0.2) is 45.8 Å². The van der Waals surface area contributed by atoms with E-state index in [0.29, 0.717) is 29.9 Å². The van der Waals surface area contributed by atoms with Gasteiger partial charge in [-0.1, -0.05) is 41.9 Å². The van der Waals surface area contributed by atoms with Crippen molar-refractivity contribution >= 4 is 28.2 Å². The van der Waals surface area contributed by atoms with E-state index in [0.717, 1.165) is 36.0 Å². The number of nitrogens with zero attached hydrogens (tertiary/aromatic N) is 3.